The first-order chi connectivity index (χ1) is 7.75. The molecule has 0 bridgehead atoms. The Labute approximate surface area is 98.4 Å². The summed E-state index contributed by atoms with van der Waals surface area (Å²) in [6.07, 6.45) is 0.246. The second-order valence-corrected chi connectivity index (χ2v) is 4.44. The molecular formula is C13H11ClO2. The average molecular weight is 235 g/mol. The number of rotatable bonds is 0. The first-order valence-electron chi connectivity index (χ1n) is 5.29. The zero-order valence-electron chi connectivity index (χ0n) is 8.61. The van der Waals surface area contributed by atoms with E-state index in [-0.39, 0.29) is 0 Å². The van der Waals surface area contributed by atoms with Crippen molar-refractivity contribution in [3.63, 3.8) is 0 Å². The number of hydrogen-bond donors (Lipinski definition) is 1. The van der Waals surface area contributed by atoms with Crippen LogP contribution < -0.4 is 4.74 Å². The molecule has 1 N–H and O–H groups in total. The van der Waals surface area contributed by atoms with Crippen LogP contribution in [-0.2, 0) is 0 Å². The van der Waals surface area contributed by atoms with Gasteiger partial charge in [0.2, 0.25) is 0 Å². The Kier molecular flexibility index (Phi) is 2.27. The summed E-state index contributed by atoms with van der Waals surface area (Å²) in [5, 5.41) is 12.6. The highest BCUT2D eigenvalue weighted by molar-refractivity contribution is 6.31. The van der Waals surface area contributed by atoms with Gasteiger partial charge >= 0.3 is 0 Å². The minimum atomic E-state index is -0.413. The van der Waals surface area contributed by atoms with Crippen LogP contribution in [0.3, 0.4) is 0 Å². The molecule has 1 unspecified atom stereocenters. The monoisotopic (exact) mass is 234 g/mol. The highest BCUT2D eigenvalue weighted by Crippen LogP contribution is 2.38. The zero-order chi connectivity index (χ0) is 11.1. The Hall–Kier alpha value is -1.25. The van der Waals surface area contributed by atoms with Crippen molar-refractivity contribution in [3.8, 4) is 5.75 Å². The van der Waals surface area contributed by atoms with Crippen LogP contribution in [-0.4, -0.2) is 11.7 Å². The van der Waals surface area contributed by atoms with Crippen molar-refractivity contribution in [2.75, 3.05) is 6.61 Å². The number of benzene rings is 2. The number of hydrogen-bond acceptors (Lipinski definition) is 2. The lowest BCUT2D eigenvalue weighted by atomic mass is 9.98. The van der Waals surface area contributed by atoms with E-state index in [1.807, 2.05) is 30.3 Å². The predicted molar refractivity (Wildman–Crippen MR) is 64.0 cm³/mol. The van der Waals surface area contributed by atoms with Gasteiger partial charge in [0, 0.05) is 22.4 Å². The van der Waals surface area contributed by atoms with E-state index in [0.717, 1.165) is 22.1 Å². The molecule has 2 aromatic rings. The molecule has 0 aliphatic carbocycles. The number of aliphatic hydroxyl groups is 1. The van der Waals surface area contributed by atoms with Gasteiger partial charge in [-0.05, 0) is 23.6 Å². The maximum atomic E-state index is 9.87. The van der Waals surface area contributed by atoms with E-state index in [0.29, 0.717) is 18.1 Å². The van der Waals surface area contributed by atoms with Crippen LogP contribution in [0.5, 0.6) is 5.75 Å². The van der Waals surface area contributed by atoms with Gasteiger partial charge in [0.05, 0.1) is 12.7 Å². The van der Waals surface area contributed by atoms with Crippen molar-refractivity contribution in [1.82, 2.24) is 0 Å². The fourth-order valence-corrected chi connectivity index (χ4v) is 2.32. The quantitative estimate of drug-likeness (QED) is 0.758. The standard InChI is InChI=1S/C13H11ClO2/c14-9-2-4-10-8(7-9)1-3-11-12(15)5-6-16-13(10)11/h1-4,7,12,15H,5-6H2. The maximum absolute atomic E-state index is 9.87. The van der Waals surface area contributed by atoms with Crippen LogP contribution in [0.4, 0.5) is 0 Å². The molecule has 0 fully saturated rings. The Morgan fingerprint density at radius 3 is 3.00 bits per heavy atom. The largest absolute Gasteiger partial charge is 0.492 e. The summed E-state index contributed by atoms with van der Waals surface area (Å²) >= 11 is 5.94. The topological polar surface area (TPSA) is 29.5 Å². The van der Waals surface area contributed by atoms with E-state index in [1.165, 1.54) is 0 Å². The fourth-order valence-electron chi connectivity index (χ4n) is 2.14. The third-order valence-electron chi connectivity index (χ3n) is 2.96. The second kappa shape index (κ2) is 3.65. The third kappa shape index (κ3) is 1.46. The molecule has 3 rings (SSSR count). The van der Waals surface area contributed by atoms with Gasteiger partial charge in [-0.2, -0.15) is 0 Å². The van der Waals surface area contributed by atoms with E-state index in [1.54, 1.807) is 0 Å². The van der Waals surface area contributed by atoms with Gasteiger partial charge in [-0.3, -0.25) is 0 Å². The molecule has 1 atom stereocenters. The SMILES string of the molecule is OC1CCOc2c1ccc1cc(Cl)ccc21. The molecule has 1 aliphatic rings. The maximum Gasteiger partial charge on any atom is 0.132 e. The Balaban J connectivity index is 2.31. The third-order valence-corrected chi connectivity index (χ3v) is 3.19. The molecule has 2 nitrogen and oxygen atoms in total. The molecule has 82 valence electrons. The Morgan fingerprint density at radius 2 is 2.12 bits per heavy atom. The van der Waals surface area contributed by atoms with Crippen molar-refractivity contribution in [3.05, 3.63) is 40.9 Å². The first kappa shape index (κ1) is 9.94. The molecule has 1 heterocycles. The van der Waals surface area contributed by atoms with E-state index < -0.39 is 6.10 Å². The zero-order valence-corrected chi connectivity index (χ0v) is 9.37. The molecule has 0 spiro atoms. The number of fused-ring (bicyclic) bond motifs is 3. The highest BCUT2D eigenvalue weighted by atomic mass is 35.5. The van der Waals surface area contributed by atoms with E-state index in [4.69, 9.17) is 16.3 Å². The average Bonchev–Trinajstić information content (AvgIpc) is 2.28. The lowest BCUT2D eigenvalue weighted by Crippen LogP contribution is -2.13. The van der Waals surface area contributed by atoms with Crippen LogP contribution in [0.15, 0.2) is 30.3 Å². The van der Waals surface area contributed by atoms with Crippen molar-refractivity contribution >= 4 is 22.4 Å². The van der Waals surface area contributed by atoms with Crippen LogP contribution in [0.1, 0.15) is 18.1 Å². The van der Waals surface area contributed by atoms with Crippen LogP contribution >= 0.6 is 11.6 Å². The van der Waals surface area contributed by atoms with E-state index in [2.05, 4.69) is 0 Å². The normalized spacial score (nSPS) is 19.2. The van der Waals surface area contributed by atoms with Gasteiger partial charge in [0.25, 0.3) is 0 Å². The molecule has 0 radical (unpaired) electrons. The van der Waals surface area contributed by atoms with Gasteiger partial charge in [-0.1, -0.05) is 23.7 Å². The highest BCUT2D eigenvalue weighted by Gasteiger charge is 2.20. The summed E-state index contributed by atoms with van der Waals surface area (Å²) < 4.78 is 5.64. The van der Waals surface area contributed by atoms with Crippen molar-refractivity contribution in [1.29, 1.82) is 0 Å². The first-order valence-corrected chi connectivity index (χ1v) is 5.66. The molecule has 3 heteroatoms. The van der Waals surface area contributed by atoms with Crippen LogP contribution in [0.2, 0.25) is 5.02 Å². The van der Waals surface area contributed by atoms with E-state index in [9.17, 15) is 5.11 Å². The minimum Gasteiger partial charge on any atom is -0.492 e. The lowest BCUT2D eigenvalue weighted by Gasteiger charge is -2.23. The molecule has 1 aliphatic heterocycles. The molecule has 0 amide bonds. The number of aliphatic hydroxyl groups excluding tert-OH is 1. The summed E-state index contributed by atoms with van der Waals surface area (Å²) in [7, 11) is 0. The van der Waals surface area contributed by atoms with Gasteiger partial charge in [0.15, 0.2) is 0 Å². The fraction of sp³-hybridized carbons (Fsp3) is 0.231. The molecular weight excluding hydrogens is 224 g/mol. The Morgan fingerprint density at radius 1 is 1.25 bits per heavy atom. The summed E-state index contributed by atoms with van der Waals surface area (Å²) in [6, 6.07) is 9.57. The van der Waals surface area contributed by atoms with Gasteiger partial charge in [-0.15, -0.1) is 0 Å². The minimum absolute atomic E-state index is 0.413. The van der Waals surface area contributed by atoms with E-state index >= 15 is 0 Å². The summed E-state index contributed by atoms with van der Waals surface area (Å²) in [5.74, 6) is 0.799. The smallest absolute Gasteiger partial charge is 0.132 e. The van der Waals surface area contributed by atoms with Crippen molar-refractivity contribution < 1.29 is 9.84 Å². The molecule has 16 heavy (non-hydrogen) atoms. The summed E-state index contributed by atoms with van der Waals surface area (Å²) in [5.41, 5.74) is 0.876. The lowest BCUT2D eigenvalue weighted by molar-refractivity contribution is 0.116. The summed E-state index contributed by atoms with van der Waals surface area (Å²) in [6.45, 7) is 0.565. The summed E-state index contributed by atoms with van der Waals surface area (Å²) in [4.78, 5) is 0. The second-order valence-electron chi connectivity index (χ2n) is 4.00. The Bertz CT molecular complexity index is 551. The van der Waals surface area contributed by atoms with Gasteiger partial charge < -0.3 is 9.84 Å². The molecule has 0 saturated heterocycles. The number of ether oxygens (including phenoxy) is 1. The van der Waals surface area contributed by atoms with Crippen LogP contribution in [0.25, 0.3) is 10.8 Å². The van der Waals surface area contributed by atoms with Crippen LogP contribution in [0, 0.1) is 0 Å². The predicted octanol–water partition coefficient (Wildman–Crippen LogP) is 3.31. The molecule has 0 saturated carbocycles. The number of halogens is 1. The molecule has 0 aromatic heterocycles. The van der Waals surface area contributed by atoms with Gasteiger partial charge in [-0.25, -0.2) is 0 Å². The van der Waals surface area contributed by atoms with Crippen molar-refractivity contribution in [2.24, 2.45) is 0 Å². The molecule has 2 aromatic carbocycles. The van der Waals surface area contributed by atoms with Gasteiger partial charge in [0.1, 0.15) is 5.75 Å². The van der Waals surface area contributed by atoms with Crippen molar-refractivity contribution in [2.45, 2.75) is 12.5 Å².